The Morgan fingerprint density at radius 2 is 0.800 bits per heavy atom. The minimum absolute atomic E-state index is 0.144. The number of rotatable bonds is 5. The third-order valence-electron chi connectivity index (χ3n) is 11.5. The van der Waals surface area contributed by atoms with E-state index >= 15 is 0 Å². The molecule has 3 heterocycles. The first-order valence-corrected chi connectivity index (χ1v) is 17.7. The summed E-state index contributed by atoms with van der Waals surface area (Å²) in [7, 11) is 0. The van der Waals surface area contributed by atoms with Gasteiger partial charge < -0.3 is 9.47 Å². The molecule has 0 N–H and O–H groups in total. The molecule has 10 rings (SSSR count). The maximum absolute atomic E-state index is 2.62. The molecule has 0 saturated heterocycles. The van der Waals surface area contributed by atoms with Crippen LogP contribution in [-0.2, 0) is 10.8 Å². The molecule has 0 amide bonds. The van der Waals surface area contributed by atoms with Gasteiger partial charge in [-0.3, -0.25) is 0 Å². The molecule has 0 atom stereocenters. The Bertz CT molecular complexity index is 2570. The molecule has 2 aliphatic rings. The second kappa shape index (κ2) is 10.3. The topological polar surface area (TPSA) is 8.17 Å². The van der Waals surface area contributed by atoms with Crippen LogP contribution in [0.5, 0.6) is 0 Å². The molecule has 0 bridgehead atoms. The standard InChI is InChI=1S/C48H38N2/c1-47(2)40-21-14-22-41-46(40)50-44-38(27-33(29-42(44)47)31-15-8-5-9-16-31)39-28-34(30-43(45(39)50)48(41,3)4)32-23-25-37(26-24-32)49(35-17-10-6-11-18-35)36-19-12-7-13-20-36/h5-30H,1-4H3. The molecule has 0 unspecified atom stereocenters. The Labute approximate surface area is 293 Å². The molecular formula is C48H38N2. The number of nitrogens with zero attached hydrogens (tertiary/aromatic N) is 2. The van der Waals surface area contributed by atoms with Gasteiger partial charge in [0, 0.05) is 38.7 Å². The fourth-order valence-corrected chi connectivity index (χ4v) is 8.90. The number of aromatic nitrogens is 1. The monoisotopic (exact) mass is 642 g/mol. The smallest absolute Gasteiger partial charge is 0.0582 e. The van der Waals surface area contributed by atoms with Crippen molar-refractivity contribution in [2.24, 2.45) is 0 Å². The van der Waals surface area contributed by atoms with E-state index < -0.39 is 0 Å². The summed E-state index contributed by atoms with van der Waals surface area (Å²) in [5.74, 6) is 0. The summed E-state index contributed by atoms with van der Waals surface area (Å²) in [4.78, 5) is 2.33. The largest absolute Gasteiger partial charge is 0.311 e. The van der Waals surface area contributed by atoms with Crippen LogP contribution in [0, 0.1) is 0 Å². The first-order valence-electron chi connectivity index (χ1n) is 17.7. The average Bonchev–Trinajstić information content (AvgIpc) is 3.49. The van der Waals surface area contributed by atoms with Crippen molar-refractivity contribution >= 4 is 38.9 Å². The van der Waals surface area contributed by atoms with Crippen LogP contribution in [0.2, 0.25) is 0 Å². The predicted octanol–water partition coefficient (Wildman–Crippen LogP) is 12.9. The van der Waals surface area contributed by atoms with Crippen LogP contribution in [0.1, 0.15) is 49.9 Å². The molecule has 2 aliphatic heterocycles. The van der Waals surface area contributed by atoms with Gasteiger partial charge in [0.2, 0.25) is 0 Å². The fourth-order valence-electron chi connectivity index (χ4n) is 8.90. The molecule has 0 aliphatic carbocycles. The zero-order valence-electron chi connectivity index (χ0n) is 28.9. The van der Waals surface area contributed by atoms with Gasteiger partial charge in [-0.1, -0.05) is 125 Å². The molecule has 0 spiro atoms. The van der Waals surface area contributed by atoms with Gasteiger partial charge in [-0.15, -0.1) is 0 Å². The molecule has 0 saturated carbocycles. The Morgan fingerprint density at radius 3 is 1.28 bits per heavy atom. The maximum atomic E-state index is 2.62. The molecule has 7 aromatic carbocycles. The first-order chi connectivity index (χ1) is 24.3. The zero-order chi connectivity index (χ0) is 33.8. The van der Waals surface area contributed by atoms with Gasteiger partial charge in [-0.05, 0) is 105 Å². The summed E-state index contributed by atoms with van der Waals surface area (Å²) in [6.45, 7) is 9.66. The highest BCUT2D eigenvalue weighted by Crippen LogP contribution is 2.56. The minimum atomic E-state index is -0.169. The quantitative estimate of drug-likeness (QED) is 0.181. The van der Waals surface area contributed by atoms with Crippen LogP contribution in [-0.4, -0.2) is 4.57 Å². The number of hydrogen-bond donors (Lipinski definition) is 0. The van der Waals surface area contributed by atoms with Crippen molar-refractivity contribution in [2.75, 3.05) is 4.90 Å². The highest BCUT2D eigenvalue weighted by molar-refractivity contribution is 6.16. The van der Waals surface area contributed by atoms with Crippen LogP contribution in [0.3, 0.4) is 0 Å². The molecule has 0 radical (unpaired) electrons. The molecular weight excluding hydrogens is 605 g/mol. The van der Waals surface area contributed by atoms with E-state index in [4.69, 9.17) is 0 Å². The van der Waals surface area contributed by atoms with Gasteiger partial charge >= 0.3 is 0 Å². The van der Waals surface area contributed by atoms with Crippen LogP contribution in [0.15, 0.2) is 158 Å². The normalized spacial score (nSPS) is 14.7. The molecule has 1 aromatic heterocycles. The van der Waals surface area contributed by atoms with Gasteiger partial charge in [0.05, 0.1) is 16.7 Å². The lowest BCUT2D eigenvalue weighted by atomic mass is 9.68. The summed E-state index contributed by atoms with van der Waals surface area (Å²) in [5, 5.41) is 2.67. The molecule has 2 heteroatoms. The number of para-hydroxylation sites is 3. The number of benzene rings is 7. The summed E-state index contributed by atoms with van der Waals surface area (Å²) >= 11 is 0. The fraction of sp³-hybridized carbons (Fsp3) is 0.125. The van der Waals surface area contributed by atoms with Crippen molar-refractivity contribution < 1.29 is 0 Å². The summed E-state index contributed by atoms with van der Waals surface area (Å²) < 4.78 is 2.62. The van der Waals surface area contributed by atoms with Crippen molar-refractivity contribution in [1.82, 2.24) is 4.57 Å². The Morgan fingerprint density at radius 1 is 0.380 bits per heavy atom. The SMILES string of the molecule is CC1(C)c2cccc3c2-n2c4c1cc(-c1ccccc1)cc4c1cc(-c4ccc(N(c5ccccc5)c5ccccc5)cc4)cc(c12)C3(C)C. The number of hydrogen-bond acceptors (Lipinski definition) is 1. The summed E-state index contributed by atoms with van der Waals surface area (Å²) in [5.41, 5.74) is 17.8. The van der Waals surface area contributed by atoms with Gasteiger partial charge in [0.15, 0.2) is 0 Å². The van der Waals surface area contributed by atoms with E-state index in [0.29, 0.717) is 0 Å². The molecule has 240 valence electrons. The number of anilines is 3. The molecule has 0 fully saturated rings. The van der Waals surface area contributed by atoms with Crippen LogP contribution in [0.4, 0.5) is 17.1 Å². The number of fused-ring (bicyclic) bond motifs is 1. The average molecular weight is 643 g/mol. The van der Waals surface area contributed by atoms with E-state index in [1.165, 1.54) is 72.0 Å². The van der Waals surface area contributed by atoms with Crippen LogP contribution >= 0.6 is 0 Å². The van der Waals surface area contributed by atoms with Gasteiger partial charge in [-0.25, -0.2) is 0 Å². The first kappa shape index (κ1) is 29.1. The van der Waals surface area contributed by atoms with Gasteiger partial charge in [-0.2, -0.15) is 0 Å². The summed E-state index contributed by atoms with van der Waals surface area (Å²) in [6, 6.07) is 58.1. The van der Waals surface area contributed by atoms with E-state index in [1.54, 1.807) is 0 Å². The van der Waals surface area contributed by atoms with Gasteiger partial charge in [0.1, 0.15) is 0 Å². The van der Waals surface area contributed by atoms with Crippen LogP contribution in [0.25, 0.3) is 49.7 Å². The third-order valence-corrected chi connectivity index (χ3v) is 11.5. The van der Waals surface area contributed by atoms with Crippen molar-refractivity contribution in [1.29, 1.82) is 0 Å². The molecule has 50 heavy (non-hydrogen) atoms. The minimum Gasteiger partial charge on any atom is -0.311 e. The molecule has 8 aromatic rings. The second-order valence-electron chi connectivity index (χ2n) is 15.0. The summed E-state index contributed by atoms with van der Waals surface area (Å²) in [6.07, 6.45) is 0. The lowest BCUT2D eigenvalue weighted by molar-refractivity contribution is 0.594. The highest BCUT2D eigenvalue weighted by Gasteiger charge is 2.43. The zero-order valence-corrected chi connectivity index (χ0v) is 28.9. The predicted molar refractivity (Wildman–Crippen MR) is 211 cm³/mol. The van der Waals surface area contributed by atoms with E-state index in [9.17, 15) is 0 Å². The van der Waals surface area contributed by atoms with Crippen molar-refractivity contribution in [3.8, 4) is 27.9 Å². The third kappa shape index (κ3) is 3.96. The van der Waals surface area contributed by atoms with Crippen LogP contribution < -0.4 is 4.90 Å². The highest BCUT2D eigenvalue weighted by atomic mass is 15.1. The lowest BCUT2D eigenvalue weighted by Crippen LogP contribution is -2.33. The van der Waals surface area contributed by atoms with Crippen molar-refractivity contribution in [3.05, 3.63) is 180 Å². The van der Waals surface area contributed by atoms with Gasteiger partial charge in [0.25, 0.3) is 0 Å². The van der Waals surface area contributed by atoms with Crippen molar-refractivity contribution in [2.45, 2.75) is 38.5 Å². The van der Waals surface area contributed by atoms with E-state index in [0.717, 1.165) is 17.1 Å². The Hall–Kier alpha value is -5.86. The van der Waals surface area contributed by atoms with E-state index in [1.807, 2.05) is 0 Å². The lowest BCUT2D eigenvalue weighted by Gasteiger charge is -2.42. The molecule has 2 nitrogen and oxygen atoms in total. The maximum Gasteiger partial charge on any atom is 0.0582 e. The Balaban J connectivity index is 1.23. The van der Waals surface area contributed by atoms with E-state index in [2.05, 4.69) is 195 Å². The second-order valence-corrected chi connectivity index (χ2v) is 15.0. The van der Waals surface area contributed by atoms with E-state index in [-0.39, 0.29) is 10.8 Å². The van der Waals surface area contributed by atoms with Crippen molar-refractivity contribution in [3.63, 3.8) is 0 Å². The Kier molecular flexibility index (Phi) is 6.01.